The molecule has 10 aliphatic rings. The fourth-order valence-corrected chi connectivity index (χ4v) is 17.3. The van der Waals surface area contributed by atoms with Gasteiger partial charge in [-0.25, -0.2) is 0 Å². The van der Waals surface area contributed by atoms with Crippen molar-refractivity contribution in [1.29, 1.82) is 0 Å². The third-order valence-electron chi connectivity index (χ3n) is 18.7. The summed E-state index contributed by atoms with van der Waals surface area (Å²) in [4.78, 5) is 15.4. The first-order chi connectivity index (χ1) is 22.8. The highest BCUT2D eigenvalue weighted by Gasteiger charge is 2.83. The van der Waals surface area contributed by atoms with Crippen LogP contribution in [0.15, 0.2) is 11.6 Å². The van der Waals surface area contributed by atoms with Crippen LogP contribution in [-0.2, 0) is 4.79 Å². The second kappa shape index (κ2) is 10.0. The number of carbonyl (C=O) groups is 1. The van der Waals surface area contributed by atoms with Crippen LogP contribution in [0.25, 0.3) is 0 Å². The number of aliphatic hydroxyl groups excluding tert-OH is 4. The van der Waals surface area contributed by atoms with Crippen molar-refractivity contribution in [1.82, 2.24) is 0 Å². The van der Waals surface area contributed by atoms with Crippen LogP contribution in [0, 0.1) is 73.4 Å². The molecule has 6 heteroatoms. The highest BCUT2D eigenvalue weighted by molar-refractivity contribution is 5.96. The van der Waals surface area contributed by atoms with E-state index in [9.17, 15) is 25.5 Å². The zero-order valence-corrected chi connectivity index (χ0v) is 29.7. The van der Waals surface area contributed by atoms with E-state index in [1.54, 1.807) is 0 Å². The molecule has 3 spiro atoms. The Morgan fingerprint density at radius 2 is 1.65 bits per heavy atom. The molecule has 0 aromatic carbocycles. The molecule has 0 aliphatic heterocycles. The number of carbonyl (C=O) groups excluding carboxylic acids is 1. The summed E-state index contributed by atoms with van der Waals surface area (Å²) < 4.78 is 0. The Hall–Kier alpha value is -1.23. The van der Waals surface area contributed by atoms with Gasteiger partial charge in [-0.2, -0.15) is 0 Å². The first-order valence-electron chi connectivity index (χ1n) is 19.9. The van der Waals surface area contributed by atoms with Gasteiger partial charge in [0.25, 0.3) is 0 Å². The lowest BCUT2D eigenvalue weighted by atomic mass is 9.25. The van der Waals surface area contributed by atoms with Crippen molar-refractivity contribution in [2.45, 2.75) is 160 Å². The zero-order valence-electron chi connectivity index (χ0n) is 29.7. The van der Waals surface area contributed by atoms with Crippen molar-refractivity contribution in [3.8, 4) is 11.8 Å². The molecular formula is C42H60O6. The summed E-state index contributed by atoms with van der Waals surface area (Å²) in [6, 6.07) is 0. The van der Waals surface area contributed by atoms with Crippen LogP contribution in [-0.4, -0.2) is 61.8 Å². The van der Waals surface area contributed by atoms with E-state index < -0.39 is 46.8 Å². The van der Waals surface area contributed by atoms with Crippen molar-refractivity contribution in [3.05, 3.63) is 11.6 Å². The van der Waals surface area contributed by atoms with E-state index in [0.717, 1.165) is 96.3 Å². The number of hydrogen-bond acceptors (Lipinski definition) is 6. The first-order valence-corrected chi connectivity index (χ1v) is 19.9. The van der Waals surface area contributed by atoms with Crippen LogP contribution in [0.3, 0.4) is 0 Å². The van der Waals surface area contributed by atoms with Crippen molar-refractivity contribution in [2.75, 3.05) is 6.61 Å². The molecule has 0 heterocycles. The predicted molar refractivity (Wildman–Crippen MR) is 182 cm³/mol. The average molecular weight is 661 g/mol. The predicted octanol–water partition coefficient (Wildman–Crippen LogP) is 5.86. The number of hydrogen-bond donors (Lipinski definition) is 5. The number of aliphatic hydroxyl groups is 5. The molecule has 5 bridgehead atoms. The van der Waals surface area contributed by atoms with Gasteiger partial charge in [0.1, 0.15) is 5.60 Å². The van der Waals surface area contributed by atoms with E-state index in [0.29, 0.717) is 19.3 Å². The lowest BCUT2D eigenvalue weighted by molar-refractivity contribution is -0.320. The lowest BCUT2D eigenvalue weighted by Crippen LogP contribution is -2.80. The molecule has 5 N–H and O–H groups in total. The van der Waals surface area contributed by atoms with Gasteiger partial charge in [0.15, 0.2) is 5.78 Å². The molecule has 10 aliphatic carbocycles. The molecule has 264 valence electrons. The SMILES string of the molecule is C[C@@]12CCC#C[C@@]3(O)CC[C@@H]4[C@H](O)[C@]3([C@H](C1)C1=CC(=O)[C@@H]3[C@]56CCCC[C@]3(CC[C@@H]5[C@](C)([C@H](O)CO)[C@@H](O)CC6)[C@@]14C)C1(CCCC1)C2. The van der Waals surface area contributed by atoms with Crippen LogP contribution in [0.1, 0.15) is 136 Å². The molecule has 10 rings (SSSR count). The Kier molecular flexibility index (Phi) is 6.81. The number of rotatable bonds is 2. The van der Waals surface area contributed by atoms with E-state index in [2.05, 4.69) is 31.8 Å². The van der Waals surface area contributed by atoms with Crippen molar-refractivity contribution < 1.29 is 30.3 Å². The van der Waals surface area contributed by atoms with Gasteiger partial charge < -0.3 is 25.5 Å². The largest absolute Gasteiger partial charge is 0.394 e. The highest BCUT2D eigenvalue weighted by Crippen LogP contribution is 2.84. The highest BCUT2D eigenvalue weighted by atomic mass is 16.3. The molecule has 0 saturated heterocycles. The summed E-state index contributed by atoms with van der Waals surface area (Å²) in [6.45, 7) is 6.49. The summed E-state index contributed by atoms with van der Waals surface area (Å²) in [7, 11) is 0. The molecular weight excluding hydrogens is 600 g/mol. The molecule has 0 amide bonds. The Labute approximate surface area is 287 Å². The summed E-state index contributed by atoms with van der Waals surface area (Å²) >= 11 is 0. The summed E-state index contributed by atoms with van der Waals surface area (Å²) in [6.07, 6.45) is 15.8. The summed E-state index contributed by atoms with van der Waals surface area (Å²) in [5, 5.41) is 59.7. The maximum atomic E-state index is 15.4. The van der Waals surface area contributed by atoms with Gasteiger partial charge in [-0.3, -0.25) is 4.79 Å². The number of ketones is 1. The Balaban J connectivity index is 1.30. The fraction of sp³-hybridized carbons (Fsp3) is 0.881. The minimum Gasteiger partial charge on any atom is -0.394 e. The third-order valence-corrected chi connectivity index (χ3v) is 18.7. The second-order valence-electron chi connectivity index (χ2n) is 19.8. The van der Waals surface area contributed by atoms with Gasteiger partial charge in [0, 0.05) is 28.6 Å². The second-order valence-corrected chi connectivity index (χ2v) is 19.8. The smallest absolute Gasteiger partial charge is 0.159 e. The maximum Gasteiger partial charge on any atom is 0.159 e. The minimum atomic E-state index is -1.27. The quantitative estimate of drug-likeness (QED) is 0.237. The lowest BCUT2D eigenvalue weighted by Gasteiger charge is -2.79. The minimum absolute atomic E-state index is 0.0353. The monoisotopic (exact) mass is 660 g/mol. The molecule has 6 nitrogen and oxygen atoms in total. The van der Waals surface area contributed by atoms with Crippen LogP contribution < -0.4 is 0 Å². The average Bonchev–Trinajstić information content (AvgIpc) is 3.49. The van der Waals surface area contributed by atoms with Crippen molar-refractivity contribution >= 4 is 5.78 Å². The summed E-state index contributed by atoms with van der Waals surface area (Å²) in [5.41, 5.74) is -2.93. The van der Waals surface area contributed by atoms with E-state index in [1.165, 1.54) is 5.57 Å². The van der Waals surface area contributed by atoms with Crippen LogP contribution >= 0.6 is 0 Å². The molecule has 0 aromatic rings. The van der Waals surface area contributed by atoms with Crippen LogP contribution in [0.5, 0.6) is 0 Å². The standard InChI is InChI=1S/C42H60O6/c1-35-13-4-9-18-41(48)21-10-26-34(47)42(41,38(25-35)14-5-6-15-38)28(23-35)27-22-29(44)33-39-16-7-8-17-40(33,37(26,27)3)20-11-30(39)36(2,32(46)24-43)31(45)12-19-39/h22,26,28,30-34,43,45-48H,4-8,10-17,19-21,23-25H2,1-3H3/t26-,28-,30-,31+,32-,33-,34+,35-,36+,37-,39+,40-,41-,42-/m1/s1. The molecule has 0 unspecified atom stereocenters. The molecule has 7 fully saturated rings. The van der Waals surface area contributed by atoms with Crippen LogP contribution in [0.4, 0.5) is 0 Å². The van der Waals surface area contributed by atoms with Gasteiger partial charge in [-0.05, 0) is 129 Å². The molecule has 7 saturated carbocycles. The van der Waals surface area contributed by atoms with Gasteiger partial charge in [-0.1, -0.05) is 57.9 Å². The van der Waals surface area contributed by atoms with E-state index in [1.807, 2.05) is 6.92 Å². The number of fused-ring (bicyclic) bond motifs is 5. The normalized spacial score (nSPS) is 56.6. The van der Waals surface area contributed by atoms with Gasteiger partial charge in [0.2, 0.25) is 0 Å². The van der Waals surface area contributed by atoms with E-state index >= 15 is 4.79 Å². The zero-order chi connectivity index (χ0) is 33.8. The Morgan fingerprint density at radius 3 is 2.40 bits per heavy atom. The van der Waals surface area contributed by atoms with Gasteiger partial charge in [0.05, 0.1) is 24.9 Å². The number of allylic oxidation sites excluding steroid dienone is 2. The molecule has 48 heavy (non-hydrogen) atoms. The molecule has 0 aromatic heterocycles. The van der Waals surface area contributed by atoms with E-state index in [-0.39, 0.29) is 51.1 Å². The Bertz CT molecular complexity index is 1500. The fourth-order valence-electron chi connectivity index (χ4n) is 17.3. The molecule has 0 radical (unpaired) electrons. The summed E-state index contributed by atoms with van der Waals surface area (Å²) in [5.74, 6) is 6.73. The van der Waals surface area contributed by atoms with E-state index in [4.69, 9.17) is 0 Å². The van der Waals surface area contributed by atoms with Crippen molar-refractivity contribution in [2.24, 2.45) is 61.6 Å². The van der Waals surface area contributed by atoms with Gasteiger partial charge in [-0.15, -0.1) is 5.92 Å². The Morgan fingerprint density at radius 1 is 0.917 bits per heavy atom. The third kappa shape index (κ3) is 3.36. The topological polar surface area (TPSA) is 118 Å². The van der Waals surface area contributed by atoms with Gasteiger partial charge >= 0.3 is 0 Å². The van der Waals surface area contributed by atoms with Crippen LogP contribution in [0.2, 0.25) is 0 Å². The maximum absolute atomic E-state index is 15.4. The van der Waals surface area contributed by atoms with Crippen molar-refractivity contribution in [3.63, 3.8) is 0 Å². The first kappa shape index (κ1) is 32.7. The molecule has 14 atom stereocenters.